The van der Waals surface area contributed by atoms with E-state index in [1.54, 1.807) is 0 Å². The highest BCUT2D eigenvalue weighted by molar-refractivity contribution is 6.15. The Morgan fingerprint density at radius 1 is 0.204 bits per heavy atom. The molecule has 9 nitrogen and oxygen atoms in total. The fourth-order valence-electron chi connectivity index (χ4n) is 17.4. The van der Waals surface area contributed by atoms with Crippen LogP contribution in [0.1, 0.15) is 22.3 Å². The molecule has 0 saturated carbocycles. The minimum Gasteiger partial charge on any atom is -0.344 e. The van der Waals surface area contributed by atoms with Crippen LogP contribution >= 0.6 is 0 Å². The average molecular weight is 1450 g/mol. The summed E-state index contributed by atoms with van der Waals surface area (Å²) in [5, 5.41) is 42.9. The Hall–Kier alpha value is -15.2. The van der Waals surface area contributed by atoms with E-state index in [-0.39, 0.29) is 0 Å². The highest BCUT2D eigenvalue weighted by Crippen LogP contribution is 2.41. The summed E-state index contributed by atoms with van der Waals surface area (Å²) in [4.78, 5) is 0. The Labute approximate surface area is 653 Å². The smallest absolute Gasteiger partial charge is 0.101 e. The highest BCUT2D eigenvalue weighted by Gasteiger charge is 2.20. The van der Waals surface area contributed by atoms with E-state index in [4.69, 9.17) is 0 Å². The molecule has 0 unspecified atom stereocenters. The van der Waals surface area contributed by atoms with Crippen molar-refractivity contribution in [1.29, 1.82) is 15.8 Å². The molecule has 0 aliphatic heterocycles. The van der Waals surface area contributed by atoms with Crippen molar-refractivity contribution in [2.45, 2.75) is 6.92 Å². The molecule has 0 N–H and O–H groups in total. The minimum atomic E-state index is 0.683. The van der Waals surface area contributed by atoms with E-state index in [9.17, 15) is 15.8 Å². The maximum atomic E-state index is 9.49. The van der Waals surface area contributed by atoms with Gasteiger partial charge in [-0.25, -0.2) is 0 Å². The van der Waals surface area contributed by atoms with Crippen LogP contribution < -0.4 is 0 Å². The lowest BCUT2D eigenvalue weighted by Gasteiger charge is -2.10. The Balaban J connectivity index is 0.000000103. The average Bonchev–Trinajstić information content (AvgIpc) is 1.60. The molecule has 22 aromatic rings. The molecule has 0 saturated heterocycles. The fraction of sp³-hybridized carbons (Fsp3) is 0.0481. The first-order valence-corrected chi connectivity index (χ1v) is 38.0. The lowest BCUT2D eigenvalue weighted by atomic mass is 9.98. The SMILES string of the molecule is Cc1ccc2c3ccc(-n4c5ccccc5c5ccccc54)cc3n(C)c2c1.Cn1c2ccc(-c3cccc(-c4ccccc4)c3)cc2c2cccc(C#N)c21.Cn1c2ccc(-c3cccc(-n4c5ccccc5c5ccccc54)c3)cc2c2ccc(C#N)cc21.Cn1c2ccc(-c3ccccc3)cc2c2cccc(C#N)c21. The number of aryl methyl sites for hydroxylation is 5. The predicted molar refractivity (Wildman–Crippen MR) is 471 cm³/mol. The van der Waals surface area contributed by atoms with Crippen LogP contribution in [0.4, 0.5) is 0 Å². The third-order valence-corrected chi connectivity index (χ3v) is 22.8. The first-order valence-electron chi connectivity index (χ1n) is 38.0. The number of benzene rings is 16. The molecular weight excluding hydrogens is 1380 g/mol. The van der Waals surface area contributed by atoms with Crippen LogP contribution in [0.5, 0.6) is 0 Å². The molecule has 6 aromatic heterocycles. The quantitative estimate of drug-likeness (QED) is 0.166. The fourth-order valence-corrected chi connectivity index (χ4v) is 17.4. The number of rotatable bonds is 6. The highest BCUT2D eigenvalue weighted by atomic mass is 15.0. The third kappa shape index (κ3) is 11.7. The number of nitrogens with zero attached hydrogens (tertiary/aromatic N) is 9. The normalized spacial score (nSPS) is 11.4. The van der Waals surface area contributed by atoms with Crippen LogP contribution in [-0.4, -0.2) is 27.4 Å². The van der Waals surface area contributed by atoms with E-state index in [1.807, 2.05) is 62.6 Å². The molecule has 9 heteroatoms. The van der Waals surface area contributed by atoms with Crippen molar-refractivity contribution >= 4 is 131 Å². The van der Waals surface area contributed by atoms with Crippen LogP contribution in [0, 0.1) is 40.9 Å². The largest absolute Gasteiger partial charge is 0.344 e. The molecule has 0 amide bonds. The summed E-state index contributed by atoms with van der Waals surface area (Å²) in [7, 11) is 8.28. The molecule has 534 valence electrons. The van der Waals surface area contributed by atoms with E-state index in [0.717, 1.165) is 55.1 Å². The summed E-state index contributed by atoms with van der Waals surface area (Å²) in [6, 6.07) is 131. The Morgan fingerprint density at radius 2 is 0.540 bits per heavy atom. The van der Waals surface area contributed by atoms with Crippen molar-refractivity contribution in [3.63, 3.8) is 0 Å². The van der Waals surface area contributed by atoms with Gasteiger partial charge in [0.1, 0.15) is 12.1 Å². The van der Waals surface area contributed by atoms with Crippen LogP contribution in [-0.2, 0) is 28.2 Å². The van der Waals surface area contributed by atoms with E-state index < -0.39 is 0 Å². The van der Waals surface area contributed by atoms with Gasteiger partial charge in [0, 0.05) is 126 Å². The lowest BCUT2D eigenvalue weighted by Crippen LogP contribution is -1.94. The molecule has 0 aliphatic rings. The maximum Gasteiger partial charge on any atom is 0.101 e. The van der Waals surface area contributed by atoms with Crippen molar-refractivity contribution in [2.75, 3.05) is 0 Å². The van der Waals surface area contributed by atoms with Gasteiger partial charge in [0.25, 0.3) is 0 Å². The van der Waals surface area contributed by atoms with Gasteiger partial charge in [-0.3, -0.25) is 0 Å². The monoisotopic (exact) mass is 1450 g/mol. The van der Waals surface area contributed by atoms with Crippen LogP contribution in [0.2, 0.25) is 0 Å². The van der Waals surface area contributed by atoms with Crippen molar-refractivity contribution in [3.05, 3.63) is 374 Å². The molecule has 0 spiro atoms. The van der Waals surface area contributed by atoms with Crippen LogP contribution in [0.15, 0.2) is 352 Å². The molecule has 0 bridgehead atoms. The predicted octanol–water partition coefficient (Wildman–Crippen LogP) is 26.1. The van der Waals surface area contributed by atoms with Gasteiger partial charge in [0.2, 0.25) is 0 Å². The molecule has 6 heterocycles. The van der Waals surface area contributed by atoms with E-state index in [0.29, 0.717) is 11.1 Å². The number of nitriles is 3. The third-order valence-electron chi connectivity index (χ3n) is 22.8. The van der Waals surface area contributed by atoms with Crippen molar-refractivity contribution in [1.82, 2.24) is 27.4 Å². The summed E-state index contributed by atoms with van der Waals surface area (Å²) in [6.07, 6.45) is 0. The summed E-state index contributed by atoms with van der Waals surface area (Å²) in [6.45, 7) is 2.15. The zero-order chi connectivity index (χ0) is 76.5. The molecule has 0 radical (unpaired) electrons. The van der Waals surface area contributed by atoms with Gasteiger partial charge < -0.3 is 27.4 Å². The second-order valence-corrected chi connectivity index (χ2v) is 29.2. The van der Waals surface area contributed by atoms with E-state index in [2.05, 4.69) is 370 Å². The van der Waals surface area contributed by atoms with Gasteiger partial charge in [-0.2, -0.15) is 15.8 Å². The summed E-state index contributed by atoms with van der Waals surface area (Å²) < 4.78 is 13.4. The van der Waals surface area contributed by atoms with Crippen molar-refractivity contribution in [3.8, 4) is 74.1 Å². The second kappa shape index (κ2) is 28.1. The maximum absolute atomic E-state index is 9.49. The standard InChI is InChI=1S/C32H21N3.C26H20N2.C26H18N2.C20H14N2/c1-34-29-16-14-23(19-28(29)27-15-13-21(20-33)17-32(27)34)22-7-6-8-24(18-22)35-30-11-4-2-9-25(30)26-10-3-5-12-31(26)35;1-17-11-13-21-22-14-12-18(16-26(22)27(2)25(21)15-17)28-23-9-5-3-7-19(23)20-8-4-6-10-24(20)28;1-28-25-14-13-21(16-24(25)23-12-6-11-22(17-27)26(23)28)20-10-5-9-19(15-20)18-7-3-2-4-8-18;1-22-19-11-10-15(14-6-3-2-4-7-14)12-18(19)17-9-5-8-16(13-21)20(17)22/h2-19H,1H3;3-16H,1-2H3;2-16H,1H3;2-12H,1H3. The summed E-state index contributed by atoms with van der Waals surface area (Å²) in [5.74, 6) is 0. The van der Waals surface area contributed by atoms with Gasteiger partial charge in [-0.05, 0) is 178 Å². The van der Waals surface area contributed by atoms with Crippen molar-refractivity contribution < 1.29 is 0 Å². The van der Waals surface area contributed by atoms with Gasteiger partial charge in [0.15, 0.2) is 0 Å². The van der Waals surface area contributed by atoms with Gasteiger partial charge in [-0.1, -0.05) is 231 Å². The van der Waals surface area contributed by atoms with Gasteiger partial charge >= 0.3 is 0 Å². The number of fused-ring (bicyclic) bond motifs is 18. The zero-order valence-electron chi connectivity index (χ0n) is 63.0. The topological polar surface area (TPSA) is 101 Å². The Morgan fingerprint density at radius 3 is 1.04 bits per heavy atom. The molecule has 113 heavy (non-hydrogen) atoms. The minimum absolute atomic E-state index is 0.683. The zero-order valence-corrected chi connectivity index (χ0v) is 63.0. The van der Waals surface area contributed by atoms with E-state index in [1.165, 1.54) is 143 Å². The Kier molecular flexibility index (Phi) is 17.0. The first-order chi connectivity index (χ1) is 55.5. The molecule has 0 aliphatic carbocycles. The lowest BCUT2D eigenvalue weighted by molar-refractivity contribution is 1.01. The number of hydrogen-bond donors (Lipinski definition) is 0. The van der Waals surface area contributed by atoms with Gasteiger partial charge in [0.05, 0.1) is 66.9 Å². The van der Waals surface area contributed by atoms with E-state index >= 15 is 0 Å². The number of para-hydroxylation sites is 6. The van der Waals surface area contributed by atoms with Gasteiger partial charge in [-0.15, -0.1) is 0 Å². The molecule has 16 aromatic carbocycles. The molecule has 0 fully saturated rings. The molecule has 22 rings (SSSR count). The second-order valence-electron chi connectivity index (χ2n) is 29.2. The Bertz CT molecular complexity index is 7610. The number of hydrogen-bond acceptors (Lipinski definition) is 3. The molecular formula is C104H73N9. The van der Waals surface area contributed by atoms with Crippen molar-refractivity contribution in [2.24, 2.45) is 28.2 Å². The first kappa shape index (κ1) is 68.3. The summed E-state index contributed by atoms with van der Waals surface area (Å²) >= 11 is 0. The molecule has 0 atom stereocenters. The summed E-state index contributed by atoms with van der Waals surface area (Å²) in [5.41, 5.74) is 29.3. The van der Waals surface area contributed by atoms with Crippen LogP contribution in [0.3, 0.4) is 0 Å². The van der Waals surface area contributed by atoms with Crippen LogP contribution in [0.25, 0.3) is 187 Å². The number of aromatic nitrogens is 6.